The number of piperidine rings is 1. The number of hydrogen-bond acceptors (Lipinski definition) is 3. The molecule has 4 nitrogen and oxygen atoms in total. The van der Waals surface area contributed by atoms with Gasteiger partial charge in [0.2, 0.25) is 0 Å². The smallest absolute Gasteiger partial charge is 0.251 e. The van der Waals surface area contributed by atoms with Crippen molar-refractivity contribution in [2.45, 2.75) is 25.7 Å². The number of likely N-dealkylation sites (tertiary alicyclic amines) is 1. The summed E-state index contributed by atoms with van der Waals surface area (Å²) in [5.41, 5.74) is 0.931. The second kappa shape index (κ2) is 4.14. The molecule has 0 saturated carbocycles. The number of hydrogen-bond donors (Lipinski definition) is 1. The van der Waals surface area contributed by atoms with Crippen LogP contribution in [0.25, 0.3) is 0 Å². The van der Waals surface area contributed by atoms with E-state index in [0.29, 0.717) is 5.92 Å². The maximum Gasteiger partial charge on any atom is 0.251 e. The first-order valence-electron chi connectivity index (χ1n) is 5.41. The summed E-state index contributed by atoms with van der Waals surface area (Å²) in [5, 5.41) is 0. The Morgan fingerprint density at radius 3 is 2.73 bits per heavy atom. The Kier molecular flexibility index (Phi) is 2.86. The van der Waals surface area contributed by atoms with Crippen molar-refractivity contribution >= 4 is 0 Å². The monoisotopic (exact) mass is 207 g/mol. The Bertz CT molecular complexity index is 391. The molecule has 0 aromatic carbocycles. The van der Waals surface area contributed by atoms with Crippen molar-refractivity contribution in [2.75, 3.05) is 20.1 Å². The first-order valence-corrected chi connectivity index (χ1v) is 5.41. The zero-order valence-corrected chi connectivity index (χ0v) is 9.29. The third kappa shape index (κ3) is 2.45. The molecule has 1 aromatic rings. The Hall–Kier alpha value is -1.16. The van der Waals surface area contributed by atoms with Gasteiger partial charge in [0.25, 0.3) is 5.56 Å². The SMILES string of the molecule is Cc1nc(C2CCN(C)CC2)cc(=O)[nH]1. The minimum absolute atomic E-state index is 0.0311. The van der Waals surface area contributed by atoms with Crippen LogP contribution in [0, 0.1) is 6.92 Å². The van der Waals surface area contributed by atoms with Gasteiger partial charge in [0, 0.05) is 12.0 Å². The first kappa shape index (κ1) is 10.4. The van der Waals surface area contributed by atoms with E-state index in [1.54, 1.807) is 6.07 Å². The fourth-order valence-corrected chi connectivity index (χ4v) is 2.12. The van der Waals surface area contributed by atoms with Crippen molar-refractivity contribution in [3.63, 3.8) is 0 Å². The van der Waals surface area contributed by atoms with Gasteiger partial charge >= 0.3 is 0 Å². The van der Waals surface area contributed by atoms with Crippen LogP contribution in [0.3, 0.4) is 0 Å². The third-order valence-corrected chi connectivity index (χ3v) is 3.02. The quantitative estimate of drug-likeness (QED) is 0.744. The van der Waals surface area contributed by atoms with Gasteiger partial charge in [-0.05, 0) is 39.9 Å². The van der Waals surface area contributed by atoms with E-state index in [1.807, 2.05) is 6.92 Å². The highest BCUT2D eigenvalue weighted by Crippen LogP contribution is 2.24. The van der Waals surface area contributed by atoms with Crippen LogP contribution < -0.4 is 5.56 Å². The number of nitrogens with one attached hydrogen (secondary N) is 1. The zero-order valence-electron chi connectivity index (χ0n) is 9.29. The van der Waals surface area contributed by atoms with Gasteiger partial charge in [-0.3, -0.25) is 4.79 Å². The summed E-state index contributed by atoms with van der Waals surface area (Å²) in [6.07, 6.45) is 2.21. The van der Waals surface area contributed by atoms with Crippen LogP contribution in [0.1, 0.15) is 30.3 Å². The molecule has 1 aromatic heterocycles. The summed E-state index contributed by atoms with van der Waals surface area (Å²) in [4.78, 5) is 20.7. The molecule has 0 amide bonds. The molecule has 0 spiro atoms. The normalized spacial score (nSPS) is 19.3. The van der Waals surface area contributed by atoms with Crippen molar-refractivity contribution < 1.29 is 0 Å². The predicted molar refractivity (Wildman–Crippen MR) is 59.1 cm³/mol. The van der Waals surface area contributed by atoms with Gasteiger partial charge < -0.3 is 9.88 Å². The van der Waals surface area contributed by atoms with Crippen LogP contribution in [-0.2, 0) is 0 Å². The summed E-state index contributed by atoms with van der Waals surface area (Å²) in [5.74, 6) is 1.18. The Labute approximate surface area is 89.3 Å². The van der Waals surface area contributed by atoms with E-state index < -0.39 is 0 Å². The summed E-state index contributed by atoms with van der Waals surface area (Å²) in [6.45, 7) is 4.02. The topological polar surface area (TPSA) is 49.0 Å². The van der Waals surface area contributed by atoms with E-state index in [2.05, 4.69) is 21.9 Å². The molecule has 0 unspecified atom stereocenters. The number of aromatic amines is 1. The van der Waals surface area contributed by atoms with Crippen LogP contribution in [0.5, 0.6) is 0 Å². The number of aromatic nitrogens is 2. The maximum atomic E-state index is 11.3. The lowest BCUT2D eigenvalue weighted by atomic mass is 9.93. The van der Waals surface area contributed by atoms with Crippen LogP contribution >= 0.6 is 0 Å². The zero-order chi connectivity index (χ0) is 10.8. The molecule has 1 fully saturated rings. The van der Waals surface area contributed by atoms with Gasteiger partial charge in [-0.15, -0.1) is 0 Å². The van der Waals surface area contributed by atoms with Gasteiger partial charge in [-0.1, -0.05) is 0 Å². The molecule has 1 N–H and O–H groups in total. The second-order valence-corrected chi connectivity index (χ2v) is 4.33. The van der Waals surface area contributed by atoms with E-state index in [9.17, 15) is 4.79 Å². The van der Waals surface area contributed by atoms with Gasteiger partial charge in [0.15, 0.2) is 0 Å². The number of H-pyrrole nitrogens is 1. The highest BCUT2D eigenvalue weighted by atomic mass is 16.1. The van der Waals surface area contributed by atoms with Gasteiger partial charge in [-0.25, -0.2) is 4.98 Å². The van der Waals surface area contributed by atoms with Crippen LogP contribution in [0.2, 0.25) is 0 Å². The minimum Gasteiger partial charge on any atom is -0.311 e. The molecule has 1 aliphatic heterocycles. The van der Waals surface area contributed by atoms with E-state index in [4.69, 9.17) is 0 Å². The van der Waals surface area contributed by atoms with Crippen LogP contribution in [-0.4, -0.2) is 35.0 Å². The van der Waals surface area contributed by atoms with E-state index in [-0.39, 0.29) is 5.56 Å². The molecule has 2 heterocycles. The molecular weight excluding hydrogens is 190 g/mol. The Morgan fingerprint density at radius 1 is 1.47 bits per heavy atom. The lowest BCUT2D eigenvalue weighted by Gasteiger charge is -2.28. The average molecular weight is 207 g/mol. The number of aryl methyl sites for hydroxylation is 1. The summed E-state index contributed by atoms with van der Waals surface area (Å²) < 4.78 is 0. The van der Waals surface area contributed by atoms with E-state index in [1.165, 1.54) is 0 Å². The molecule has 0 bridgehead atoms. The second-order valence-electron chi connectivity index (χ2n) is 4.33. The molecule has 15 heavy (non-hydrogen) atoms. The minimum atomic E-state index is -0.0311. The molecular formula is C11H17N3O. The predicted octanol–water partition coefficient (Wildman–Crippen LogP) is 0.888. The van der Waals surface area contributed by atoms with Crippen molar-refractivity contribution in [1.82, 2.24) is 14.9 Å². The molecule has 1 aliphatic rings. The van der Waals surface area contributed by atoms with Gasteiger partial charge in [-0.2, -0.15) is 0 Å². The van der Waals surface area contributed by atoms with Crippen molar-refractivity contribution in [3.05, 3.63) is 27.9 Å². The van der Waals surface area contributed by atoms with Gasteiger partial charge in [0.1, 0.15) is 5.82 Å². The van der Waals surface area contributed by atoms with Crippen LogP contribution in [0.4, 0.5) is 0 Å². The average Bonchev–Trinajstić information content (AvgIpc) is 2.17. The van der Waals surface area contributed by atoms with E-state index in [0.717, 1.165) is 37.4 Å². The fourth-order valence-electron chi connectivity index (χ4n) is 2.12. The highest BCUT2D eigenvalue weighted by molar-refractivity contribution is 5.09. The molecule has 1 saturated heterocycles. The van der Waals surface area contributed by atoms with Crippen molar-refractivity contribution in [3.8, 4) is 0 Å². The lowest BCUT2D eigenvalue weighted by Crippen LogP contribution is -2.30. The summed E-state index contributed by atoms with van der Waals surface area (Å²) >= 11 is 0. The van der Waals surface area contributed by atoms with Gasteiger partial charge in [0.05, 0.1) is 5.69 Å². The molecule has 4 heteroatoms. The molecule has 0 radical (unpaired) electrons. The highest BCUT2D eigenvalue weighted by Gasteiger charge is 2.19. The number of rotatable bonds is 1. The Balaban J connectivity index is 2.19. The molecule has 2 rings (SSSR count). The summed E-state index contributed by atoms with van der Waals surface area (Å²) in [7, 11) is 2.13. The Morgan fingerprint density at radius 2 is 2.13 bits per heavy atom. The van der Waals surface area contributed by atoms with Crippen molar-refractivity contribution in [2.24, 2.45) is 0 Å². The van der Waals surface area contributed by atoms with E-state index >= 15 is 0 Å². The largest absolute Gasteiger partial charge is 0.311 e. The molecule has 0 aliphatic carbocycles. The number of nitrogens with zero attached hydrogens (tertiary/aromatic N) is 2. The van der Waals surface area contributed by atoms with Crippen LogP contribution in [0.15, 0.2) is 10.9 Å². The summed E-state index contributed by atoms with van der Waals surface area (Å²) in [6, 6.07) is 1.64. The standard InChI is InChI=1S/C11H17N3O/c1-8-12-10(7-11(15)13-8)9-3-5-14(2)6-4-9/h7,9H,3-6H2,1-2H3,(H,12,13,15). The molecule has 82 valence electrons. The first-order chi connectivity index (χ1) is 7.15. The lowest BCUT2D eigenvalue weighted by molar-refractivity contribution is 0.253. The maximum absolute atomic E-state index is 11.3. The van der Waals surface area contributed by atoms with Crippen molar-refractivity contribution in [1.29, 1.82) is 0 Å². The molecule has 0 atom stereocenters. The third-order valence-electron chi connectivity index (χ3n) is 3.02. The fraction of sp³-hybridized carbons (Fsp3) is 0.636.